The molecule has 0 N–H and O–H groups in total. The molecule has 0 unspecified atom stereocenters. The fourth-order valence-electron chi connectivity index (χ4n) is 0.550. The van der Waals surface area contributed by atoms with E-state index >= 15 is 0 Å². The second-order valence-corrected chi connectivity index (χ2v) is 8.75. The maximum absolute atomic E-state index is 5.01. The third-order valence-electron chi connectivity index (χ3n) is 0.967. The Morgan fingerprint density at radius 3 is 1.89 bits per heavy atom. The van der Waals surface area contributed by atoms with Gasteiger partial charge in [0.05, 0.1) is 0 Å². The second-order valence-electron chi connectivity index (χ2n) is 1.59. The molecule has 0 aromatic heterocycles. The van der Waals surface area contributed by atoms with Gasteiger partial charge in [-0.05, 0) is 0 Å². The van der Waals surface area contributed by atoms with Crippen LogP contribution in [0.2, 0.25) is 0 Å². The van der Waals surface area contributed by atoms with Crippen LogP contribution in [-0.2, 0) is 0 Å². The van der Waals surface area contributed by atoms with Crippen LogP contribution in [0.3, 0.4) is 0 Å². The number of hydrogen-bond acceptors (Lipinski definition) is 0. The molecule has 1 rings (SSSR count). The fraction of sp³-hybridized carbons (Fsp3) is 0. The molecular weight excluding hydrogens is 211 g/mol. The van der Waals surface area contributed by atoms with Crippen molar-refractivity contribution in [1.29, 1.82) is 0 Å². The van der Waals surface area contributed by atoms with Crippen LogP contribution in [0.25, 0.3) is 0 Å². The van der Waals surface area contributed by atoms with Gasteiger partial charge in [0.15, 0.2) is 0 Å². The predicted molar refractivity (Wildman–Crippen MR) is 47.0 cm³/mol. The van der Waals surface area contributed by atoms with Gasteiger partial charge in [-0.15, -0.1) is 0 Å². The van der Waals surface area contributed by atoms with Crippen LogP contribution >= 0.6 is 21.8 Å². The van der Waals surface area contributed by atoms with E-state index in [9.17, 15) is 0 Å². The molecule has 0 amide bonds. The summed E-state index contributed by atoms with van der Waals surface area (Å²) < 4.78 is 1.19. The third-order valence-corrected chi connectivity index (χ3v) is 4.67. The topological polar surface area (TPSA) is 0 Å². The first kappa shape index (κ1) is 7.58. The van der Waals surface area contributed by atoms with Crippen LogP contribution in [0.4, 0.5) is 0 Å². The van der Waals surface area contributed by atoms with E-state index in [0.717, 1.165) is 0 Å². The van der Waals surface area contributed by atoms with Gasteiger partial charge in [0.2, 0.25) is 0 Å². The van der Waals surface area contributed by atoms with E-state index in [1.807, 2.05) is 30.3 Å². The molecule has 0 bridgehead atoms. The summed E-state index contributed by atoms with van der Waals surface area (Å²) in [6, 6.07) is 9.97. The van der Waals surface area contributed by atoms with Crippen LogP contribution < -0.4 is 4.35 Å². The fourth-order valence-corrected chi connectivity index (χ4v) is 2.69. The molecule has 2 radical (unpaired) electrons. The van der Waals surface area contributed by atoms with Gasteiger partial charge in [-0.1, -0.05) is 0 Å². The van der Waals surface area contributed by atoms with Gasteiger partial charge in [0, 0.05) is 0 Å². The molecular formula is C6H5AsS2. The zero-order valence-corrected chi connectivity index (χ0v) is 8.16. The van der Waals surface area contributed by atoms with Crippen LogP contribution in [-0.4, -0.2) is 12.3 Å². The predicted octanol–water partition coefficient (Wildman–Crippen LogP) is 1.78. The van der Waals surface area contributed by atoms with Crippen molar-refractivity contribution in [2.24, 2.45) is 0 Å². The molecule has 0 aliphatic carbocycles. The first-order valence-corrected chi connectivity index (χ1v) is 8.76. The standard InChI is InChI=1S/C6H5AsS2/c8-7(9)6-4-2-1-3-5-6/h1-5H. The Labute approximate surface area is 68.7 Å². The maximum atomic E-state index is 5.01. The Morgan fingerprint density at radius 1 is 1.00 bits per heavy atom. The molecule has 46 valence electrons. The third kappa shape index (κ3) is 2.29. The molecule has 1 aromatic rings. The van der Waals surface area contributed by atoms with E-state index in [2.05, 4.69) is 0 Å². The van der Waals surface area contributed by atoms with Crippen LogP contribution in [0.5, 0.6) is 0 Å². The van der Waals surface area contributed by atoms with E-state index in [-0.39, 0.29) is 0 Å². The quantitative estimate of drug-likeness (QED) is 0.628. The van der Waals surface area contributed by atoms with E-state index < -0.39 is 12.3 Å². The summed E-state index contributed by atoms with van der Waals surface area (Å²) in [5, 5.41) is 0. The van der Waals surface area contributed by atoms with Crippen LogP contribution in [0, 0.1) is 0 Å². The van der Waals surface area contributed by atoms with Crippen molar-refractivity contribution >= 4 is 38.5 Å². The molecule has 0 spiro atoms. The van der Waals surface area contributed by atoms with Crippen molar-refractivity contribution in [2.75, 3.05) is 0 Å². The minimum absolute atomic E-state index is 1.19. The summed E-state index contributed by atoms with van der Waals surface area (Å²) in [4.78, 5) is 0. The van der Waals surface area contributed by atoms with Crippen molar-refractivity contribution in [3.05, 3.63) is 30.3 Å². The molecule has 0 heterocycles. The zero-order valence-electron chi connectivity index (χ0n) is 4.65. The Morgan fingerprint density at radius 2 is 1.56 bits per heavy atom. The van der Waals surface area contributed by atoms with Crippen LogP contribution in [0.15, 0.2) is 30.3 Å². The van der Waals surface area contributed by atoms with E-state index in [1.165, 1.54) is 4.35 Å². The SMILES string of the molecule is [S][As]([S])c1ccccc1. The Balaban J connectivity index is 2.85. The Kier molecular flexibility index (Phi) is 3.03. The number of benzene rings is 1. The van der Waals surface area contributed by atoms with Crippen molar-refractivity contribution in [3.8, 4) is 0 Å². The average Bonchev–Trinajstić information content (AvgIpc) is 1.90. The first-order chi connectivity index (χ1) is 4.30. The molecule has 0 saturated carbocycles. The Bertz CT molecular complexity index is 174. The van der Waals surface area contributed by atoms with Gasteiger partial charge < -0.3 is 0 Å². The number of hydrogen-bond donors (Lipinski definition) is 0. The van der Waals surface area contributed by atoms with Crippen molar-refractivity contribution in [3.63, 3.8) is 0 Å². The molecule has 0 saturated heterocycles. The summed E-state index contributed by atoms with van der Waals surface area (Å²) in [6.07, 6.45) is 0. The molecule has 3 heteroatoms. The van der Waals surface area contributed by atoms with Gasteiger partial charge in [0.1, 0.15) is 0 Å². The van der Waals surface area contributed by atoms with Crippen molar-refractivity contribution in [1.82, 2.24) is 0 Å². The summed E-state index contributed by atoms with van der Waals surface area (Å²) in [7, 11) is 10.0. The summed E-state index contributed by atoms with van der Waals surface area (Å²) in [5.41, 5.74) is 0. The van der Waals surface area contributed by atoms with E-state index in [0.29, 0.717) is 0 Å². The monoisotopic (exact) mass is 216 g/mol. The van der Waals surface area contributed by atoms with Gasteiger partial charge in [-0.2, -0.15) is 0 Å². The first-order valence-electron chi connectivity index (χ1n) is 2.50. The van der Waals surface area contributed by atoms with Gasteiger partial charge in [-0.3, -0.25) is 0 Å². The van der Waals surface area contributed by atoms with Gasteiger partial charge in [-0.25, -0.2) is 0 Å². The van der Waals surface area contributed by atoms with Crippen LogP contribution in [0.1, 0.15) is 0 Å². The summed E-state index contributed by atoms with van der Waals surface area (Å²) >= 11 is -1.42. The minimum atomic E-state index is -1.42. The normalized spacial score (nSPS) is 10.1. The zero-order chi connectivity index (χ0) is 6.69. The molecule has 0 aliphatic heterocycles. The second kappa shape index (κ2) is 3.60. The molecule has 9 heavy (non-hydrogen) atoms. The molecule has 0 fully saturated rings. The average molecular weight is 216 g/mol. The van der Waals surface area contributed by atoms with Crippen molar-refractivity contribution < 1.29 is 0 Å². The molecule has 0 atom stereocenters. The van der Waals surface area contributed by atoms with Crippen molar-refractivity contribution in [2.45, 2.75) is 0 Å². The van der Waals surface area contributed by atoms with Gasteiger partial charge in [0.25, 0.3) is 0 Å². The molecule has 1 aromatic carbocycles. The summed E-state index contributed by atoms with van der Waals surface area (Å²) in [6.45, 7) is 0. The summed E-state index contributed by atoms with van der Waals surface area (Å²) in [5.74, 6) is 0. The Hall–Kier alpha value is 0.478. The molecule has 0 nitrogen and oxygen atoms in total. The van der Waals surface area contributed by atoms with E-state index in [4.69, 9.17) is 21.8 Å². The van der Waals surface area contributed by atoms with E-state index in [1.54, 1.807) is 0 Å². The molecule has 0 aliphatic rings. The van der Waals surface area contributed by atoms with Gasteiger partial charge >= 0.3 is 68.8 Å². The number of rotatable bonds is 1.